The minimum Gasteiger partial charge on any atom is -0.323 e. The summed E-state index contributed by atoms with van der Waals surface area (Å²) >= 11 is 6.05. The molecule has 116 valence electrons. The Morgan fingerprint density at radius 1 is 1.22 bits per heavy atom. The van der Waals surface area contributed by atoms with Gasteiger partial charge in [-0.2, -0.15) is 0 Å². The smallest absolute Gasteiger partial charge is 0.235 e. The number of halogens is 1. The summed E-state index contributed by atoms with van der Waals surface area (Å²) in [6.07, 6.45) is 6.78. The summed E-state index contributed by atoms with van der Waals surface area (Å²) in [5.74, 6) is 1.12. The first-order valence-corrected chi connectivity index (χ1v) is 7.37. The van der Waals surface area contributed by atoms with Crippen molar-refractivity contribution >= 4 is 23.2 Å². The van der Waals surface area contributed by atoms with Crippen LogP contribution in [0.1, 0.15) is 11.4 Å². The topological polar surface area (TPSA) is 72.7 Å². The van der Waals surface area contributed by atoms with Gasteiger partial charge in [-0.15, -0.1) is 0 Å². The molecule has 2 heterocycles. The zero-order chi connectivity index (χ0) is 16.2. The Hall–Kier alpha value is -2.73. The molecule has 0 atom stereocenters. The predicted octanol–water partition coefficient (Wildman–Crippen LogP) is 2.81. The van der Waals surface area contributed by atoms with Gasteiger partial charge in [-0.1, -0.05) is 29.8 Å². The molecule has 0 saturated carbocycles. The molecule has 0 aliphatic rings. The molecule has 0 aliphatic carbocycles. The van der Waals surface area contributed by atoms with Crippen LogP contribution in [0, 0.1) is 6.92 Å². The van der Waals surface area contributed by atoms with Crippen LogP contribution in [0.2, 0.25) is 5.02 Å². The predicted molar refractivity (Wildman–Crippen MR) is 87.7 cm³/mol. The molecule has 0 fully saturated rings. The second-order valence-corrected chi connectivity index (χ2v) is 5.34. The number of aromatic nitrogens is 4. The van der Waals surface area contributed by atoms with Crippen LogP contribution in [0.25, 0.3) is 5.95 Å². The number of carbonyl (C=O) groups is 1. The van der Waals surface area contributed by atoms with E-state index in [0.717, 1.165) is 11.4 Å². The van der Waals surface area contributed by atoms with Gasteiger partial charge < -0.3 is 5.32 Å². The largest absolute Gasteiger partial charge is 0.323 e. The van der Waals surface area contributed by atoms with E-state index >= 15 is 0 Å². The van der Waals surface area contributed by atoms with Crippen molar-refractivity contribution in [3.63, 3.8) is 0 Å². The van der Waals surface area contributed by atoms with Gasteiger partial charge >= 0.3 is 0 Å². The molecule has 0 saturated heterocycles. The standard InChI is InChI=1S/C16H14ClN5O/c1-11-18-6-7-22(11)16-19-9-13(10-20-16)21-15(23)8-12-4-2-3-5-14(12)17/h2-7,9-10H,8H2,1H3,(H,21,23). The highest BCUT2D eigenvalue weighted by Crippen LogP contribution is 2.16. The second kappa shape index (κ2) is 6.58. The molecule has 0 bridgehead atoms. The molecule has 0 aliphatic heterocycles. The number of benzene rings is 1. The van der Waals surface area contributed by atoms with Crippen molar-refractivity contribution in [2.45, 2.75) is 13.3 Å². The van der Waals surface area contributed by atoms with Crippen LogP contribution in [0.5, 0.6) is 0 Å². The first kappa shape index (κ1) is 15.2. The van der Waals surface area contributed by atoms with Gasteiger partial charge in [-0.3, -0.25) is 9.36 Å². The Labute approximate surface area is 138 Å². The van der Waals surface area contributed by atoms with Crippen LogP contribution in [0.4, 0.5) is 5.69 Å². The quantitative estimate of drug-likeness (QED) is 0.799. The van der Waals surface area contributed by atoms with Crippen molar-refractivity contribution in [3.8, 4) is 5.95 Å². The number of hydrogen-bond acceptors (Lipinski definition) is 4. The molecular weight excluding hydrogens is 314 g/mol. The number of imidazole rings is 1. The molecule has 3 aromatic rings. The van der Waals surface area contributed by atoms with Crippen LogP contribution in [0.3, 0.4) is 0 Å². The number of anilines is 1. The van der Waals surface area contributed by atoms with E-state index in [2.05, 4.69) is 20.3 Å². The van der Waals surface area contributed by atoms with E-state index in [4.69, 9.17) is 11.6 Å². The number of nitrogens with zero attached hydrogens (tertiary/aromatic N) is 4. The molecule has 0 spiro atoms. The second-order valence-electron chi connectivity index (χ2n) is 4.93. The van der Waals surface area contributed by atoms with E-state index in [1.807, 2.05) is 25.1 Å². The summed E-state index contributed by atoms with van der Waals surface area (Å²) in [6, 6.07) is 7.26. The maximum Gasteiger partial charge on any atom is 0.235 e. The van der Waals surface area contributed by atoms with Gasteiger partial charge in [0.2, 0.25) is 11.9 Å². The zero-order valence-electron chi connectivity index (χ0n) is 12.4. The maximum absolute atomic E-state index is 12.1. The minimum atomic E-state index is -0.173. The van der Waals surface area contributed by atoms with Crippen molar-refractivity contribution in [1.82, 2.24) is 19.5 Å². The monoisotopic (exact) mass is 327 g/mol. The Morgan fingerprint density at radius 3 is 2.61 bits per heavy atom. The lowest BCUT2D eigenvalue weighted by atomic mass is 10.1. The Morgan fingerprint density at radius 2 is 1.96 bits per heavy atom. The summed E-state index contributed by atoms with van der Waals surface area (Å²) in [6.45, 7) is 1.86. The molecule has 1 N–H and O–H groups in total. The molecule has 2 aromatic heterocycles. The van der Waals surface area contributed by atoms with Crippen molar-refractivity contribution in [2.75, 3.05) is 5.32 Å². The fourth-order valence-corrected chi connectivity index (χ4v) is 2.32. The number of rotatable bonds is 4. The van der Waals surface area contributed by atoms with E-state index in [1.54, 1.807) is 35.4 Å². The molecule has 23 heavy (non-hydrogen) atoms. The average molecular weight is 328 g/mol. The number of carbonyl (C=O) groups excluding carboxylic acids is 1. The third-order valence-electron chi connectivity index (χ3n) is 3.27. The van der Waals surface area contributed by atoms with Gasteiger partial charge in [0.1, 0.15) is 5.82 Å². The normalized spacial score (nSPS) is 10.5. The van der Waals surface area contributed by atoms with E-state index in [0.29, 0.717) is 16.7 Å². The van der Waals surface area contributed by atoms with Crippen LogP contribution in [-0.2, 0) is 11.2 Å². The fourth-order valence-electron chi connectivity index (χ4n) is 2.12. The molecular formula is C16H14ClN5O. The van der Waals surface area contributed by atoms with Crippen LogP contribution >= 0.6 is 11.6 Å². The zero-order valence-corrected chi connectivity index (χ0v) is 13.2. The van der Waals surface area contributed by atoms with Crippen LogP contribution < -0.4 is 5.32 Å². The summed E-state index contributed by atoms with van der Waals surface area (Å²) in [5, 5.41) is 3.33. The first-order valence-electron chi connectivity index (χ1n) is 6.99. The fraction of sp³-hybridized carbons (Fsp3) is 0.125. The molecule has 7 heteroatoms. The molecule has 1 amide bonds. The van der Waals surface area contributed by atoms with E-state index in [-0.39, 0.29) is 12.3 Å². The Balaban J connectivity index is 1.68. The summed E-state index contributed by atoms with van der Waals surface area (Å²) in [5.41, 5.74) is 1.31. The van der Waals surface area contributed by atoms with Crippen molar-refractivity contribution in [3.05, 3.63) is 65.5 Å². The molecule has 3 rings (SSSR count). The number of aryl methyl sites for hydroxylation is 1. The number of amides is 1. The number of nitrogens with one attached hydrogen (secondary N) is 1. The number of hydrogen-bond donors (Lipinski definition) is 1. The van der Waals surface area contributed by atoms with Gasteiger partial charge in [0.15, 0.2) is 0 Å². The summed E-state index contributed by atoms with van der Waals surface area (Å²) in [7, 11) is 0. The van der Waals surface area contributed by atoms with E-state index in [1.165, 1.54) is 0 Å². The van der Waals surface area contributed by atoms with Gasteiger partial charge in [0, 0.05) is 17.4 Å². The van der Waals surface area contributed by atoms with Crippen molar-refractivity contribution in [2.24, 2.45) is 0 Å². The summed E-state index contributed by atoms with van der Waals surface area (Å²) in [4.78, 5) is 24.6. The molecule has 0 radical (unpaired) electrons. The molecule has 6 nitrogen and oxygen atoms in total. The molecule has 1 aromatic carbocycles. The van der Waals surface area contributed by atoms with Crippen LogP contribution in [-0.4, -0.2) is 25.4 Å². The lowest BCUT2D eigenvalue weighted by Gasteiger charge is -2.07. The van der Waals surface area contributed by atoms with Crippen LogP contribution in [0.15, 0.2) is 49.1 Å². The average Bonchev–Trinajstić information content (AvgIpc) is 2.96. The third-order valence-corrected chi connectivity index (χ3v) is 3.64. The Bertz CT molecular complexity index is 828. The minimum absolute atomic E-state index is 0.173. The highest BCUT2D eigenvalue weighted by Gasteiger charge is 2.08. The van der Waals surface area contributed by atoms with Gasteiger partial charge in [-0.05, 0) is 18.6 Å². The van der Waals surface area contributed by atoms with Gasteiger partial charge in [-0.25, -0.2) is 15.0 Å². The highest BCUT2D eigenvalue weighted by molar-refractivity contribution is 6.31. The van der Waals surface area contributed by atoms with Gasteiger partial charge in [0.25, 0.3) is 0 Å². The third kappa shape index (κ3) is 3.54. The van der Waals surface area contributed by atoms with E-state index in [9.17, 15) is 4.79 Å². The lowest BCUT2D eigenvalue weighted by molar-refractivity contribution is -0.115. The highest BCUT2D eigenvalue weighted by atomic mass is 35.5. The van der Waals surface area contributed by atoms with Gasteiger partial charge in [0.05, 0.1) is 24.5 Å². The van der Waals surface area contributed by atoms with E-state index < -0.39 is 0 Å². The van der Waals surface area contributed by atoms with Crippen molar-refractivity contribution in [1.29, 1.82) is 0 Å². The van der Waals surface area contributed by atoms with Crippen molar-refractivity contribution < 1.29 is 4.79 Å². The summed E-state index contributed by atoms with van der Waals surface area (Å²) < 4.78 is 1.76. The maximum atomic E-state index is 12.1. The first-order chi connectivity index (χ1) is 11.1. The SMILES string of the molecule is Cc1nccn1-c1ncc(NC(=O)Cc2ccccc2Cl)cn1. The Kier molecular flexibility index (Phi) is 4.34. The lowest BCUT2D eigenvalue weighted by Crippen LogP contribution is -2.15. The molecule has 0 unspecified atom stereocenters.